The summed E-state index contributed by atoms with van der Waals surface area (Å²) < 4.78 is 0. The predicted molar refractivity (Wildman–Crippen MR) is 96.7 cm³/mol. The van der Waals surface area contributed by atoms with Crippen molar-refractivity contribution in [2.75, 3.05) is 6.54 Å². The van der Waals surface area contributed by atoms with Gasteiger partial charge in [0.25, 0.3) is 0 Å². The van der Waals surface area contributed by atoms with Crippen molar-refractivity contribution in [3.05, 3.63) is 78.5 Å². The summed E-state index contributed by atoms with van der Waals surface area (Å²) >= 11 is 0. The number of pyridine rings is 1. The van der Waals surface area contributed by atoms with E-state index in [1.165, 1.54) is 0 Å². The van der Waals surface area contributed by atoms with Crippen LogP contribution in [0.1, 0.15) is 17.8 Å². The summed E-state index contributed by atoms with van der Waals surface area (Å²) in [5, 5.41) is 2.92. The first-order valence-electron chi connectivity index (χ1n) is 8.34. The number of benzene rings is 1. The Hall–Kier alpha value is -3.08. The summed E-state index contributed by atoms with van der Waals surface area (Å²) in [6, 6.07) is 15.7. The molecule has 0 aliphatic rings. The van der Waals surface area contributed by atoms with Gasteiger partial charge in [-0.05, 0) is 24.1 Å². The molecule has 0 saturated carbocycles. The summed E-state index contributed by atoms with van der Waals surface area (Å²) in [6.07, 6.45) is 7.04. The second-order valence-electron chi connectivity index (χ2n) is 5.69. The first kappa shape index (κ1) is 16.8. The first-order valence-corrected chi connectivity index (χ1v) is 8.34. The molecular formula is C20H20N4O. The molecule has 1 N–H and O–H groups in total. The number of rotatable bonds is 7. The van der Waals surface area contributed by atoms with Crippen molar-refractivity contribution >= 4 is 5.91 Å². The van der Waals surface area contributed by atoms with Gasteiger partial charge in [0.15, 0.2) is 0 Å². The van der Waals surface area contributed by atoms with Gasteiger partial charge in [0.05, 0.1) is 5.69 Å². The zero-order chi connectivity index (χ0) is 17.3. The highest BCUT2D eigenvalue weighted by Crippen LogP contribution is 2.15. The van der Waals surface area contributed by atoms with Crippen LogP contribution in [-0.4, -0.2) is 27.4 Å². The third-order valence-electron chi connectivity index (χ3n) is 3.81. The standard InChI is InChI=1S/C20H20N4O/c25-20(9-8-16-5-4-12-21-15-16)23-14-11-19-22-13-10-18(24-19)17-6-2-1-3-7-17/h1-7,10,12-13,15H,8-9,11,14H2,(H,23,25). The maximum Gasteiger partial charge on any atom is 0.220 e. The summed E-state index contributed by atoms with van der Waals surface area (Å²) in [5.74, 6) is 0.761. The Kier molecular flexibility index (Phi) is 5.82. The van der Waals surface area contributed by atoms with Crippen molar-refractivity contribution in [3.63, 3.8) is 0 Å². The maximum atomic E-state index is 11.9. The van der Waals surface area contributed by atoms with Crippen molar-refractivity contribution in [2.45, 2.75) is 19.3 Å². The Morgan fingerprint density at radius 2 is 1.84 bits per heavy atom. The van der Waals surface area contributed by atoms with E-state index in [9.17, 15) is 4.79 Å². The average Bonchev–Trinajstić information content (AvgIpc) is 2.68. The molecule has 0 aliphatic carbocycles. The van der Waals surface area contributed by atoms with Crippen LogP contribution in [0.25, 0.3) is 11.3 Å². The molecule has 0 spiro atoms. The number of aromatic nitrogens is 3. The lowest BCUT2D eigenvalue weighted by Gasteiger charge is -2.06. The van der Waals surface area contributed by atoms with Gasteiger partial charge < -0.3 is 5.32 Å². The van der Waals surface area contributed by atoms with Gasteiger partial charge in [0, 0.05) is 43.5 Å². The third kappa shape index (κ3) is 5.21. The Morgan fingerprint density at radius 1 is 0.960 bits per heavy atom. The van der Waals surface area contributed by atoms with Crippen molar-refractivity contribution < 1.29 is 4.79 Å². The smallest absolute Gasteiger partial charge is 0.220 e. The minimum atomic E-state index is 0.0306. The van der Waals surface area contributed by atoms with E-state index in [4.69, 9.17) is 0 Å². The minimum Gasteiger partial charge on any atom is -0.356 e. The van der Waals surface area contributed by atoms with Gasteiger partial charge in [-0.3, -0.25) is 9.78 Å². The highest BCUT2D eigenvalue weighted by molar-refractivity contribution is 5.76. The Morgan fingerprint density at radius 3 is 2.64 bits per heavy atom. The molecule has 0 bridgehead atoms. The van der Waals surface area contributed by atoms with Crippen molar-refractivity contribution in [1.29, 1.82) is 0 Å². The molecule has 1 aromatic carbocycles. The highest BCUT2D eigenvalue weighted by Gasteiger charge is 2.05. The minimum absolute atomic E-state index is 0.0306. The van der Waals surface area contributed by atoms with Crippen LogP contribution in [0.4, 0.5) is 0 Å². The van der Waals surface area contributed by atoms with E-state index in [0.717, 1.165) is 22.6 Å². The van der Waals surface area contributed by atoms with Gasteiger partial charge in [0.1, 0.15) is 5.82 Å². The maximum absolute atomic E-state index is 11.9. The molecule has 5 heteroatoms. The number of carbonyl (C=O) groups excluding carboxylic acids is 1. The molecule has 2 heterocycles. The number of hydrogen-bond acceptors (Lipinski definition) is 4. The number of hydrogen-bond donors (Lipinski definition) is 1. The molecule has 3 aromatic rings. The third-order valence-corrected chi connectivity index (χ3v) is 3.81. The van der Waals surface area contributed by atoms with E-state index in [-0.39, 0.29) is 5.91 Å². The predicted octanol–water partition coefficient (Wildman–Crippen LogP) is 2.83. The van der Waals surface area contributed by atoms with Gasteiger partial charge in [-0.1, -0.05) is 36.4 Å². The zero-order valence-corrected chi connectivity index (χ0v) is 13.9. The zero-order valence-electron chi connectivity index (χ0n) is 13.9. The average molecular weight is 332 g/mol. The number of amides is 1. The normalized spacial score (nSPS) is 10.4. The number of aryl methyl sites for hydroxylation is 1. The van der Waals surface area contributed by atoms with E-state index < -0.39 is 0 Å². The summed E-state index contributed by atoms with van der Waals surface area (Å²) in [6.45, 7) is 0.532. The first-order chi connectivity index (χ1) is 12.3. The monoisotopic (exact) mass is 332 g/mol. The molecular weight excluding hydrogens is 312 g/mol. The quantitative estimate of drug-likeness (QED) is 0.722. The lowest BCUT2D eigenvalue weighted by atomic mass is 10.1. The van der Waals surface area contributed by atoms with E-state index in [2.05, 4.69) is 20.3 Å². The molecule has 3 rings (SSSR count). The Balaban J connectivity index is 1.46. The van der Waals surface area contributed by atoms with E-state index in [0.29, 0.717) is 25.8 Å². The van der Waals surface area contributed by atoms with Gasteiger partial charge in [0.2, 0.25) is 5.91 Å². The number of nitrogens with zero attached hydrogens (tertiary/aromatic N) is 3. The molecule has 0 radical (unpaired) electrons. The SMILES string of the molecule is O=C(CCc1cccnc1)NCCc1nccc(-c2ccccc2)n1. The molecule has 25 heavy (non-hydrogen) atoms. The van der Waals surface area contributed by atoms with Gasteiger partial charge in [-0.2, -0.15) is 0 Å². The van der Waals surface area contributed by atoms with Crippen LogP contribution in [0.15, 0.2) is 67.1 Å². The Labute approximate surface area is 147 Å². The lowest BCUT2D eigenvalue weighted by molar-refractivity contribution is -0.121. The second kappa shape index (κ2) is 8.68. The van der Waals surface area contributed by atoms with E-state index in [1.807, 2.05) is 48.5 Å². The fourth-order valence-corrected chi connectivity index (χ4v) is 2.50. The van der Waals surface area contributed by atoms with Crippen LogP contribution < -0.4 is 5.32 Å². The van der Waals surface area contributed by atoms with Crippen LogP contribution in [-0.2, 0) is 17.6 Å². The molecule has 0 aliphatic heterocycles. The summed E-state index contributed by atoms with van der Waals surface area (Å²) in [5.41, 5.74) is 3.02. The lowest BCUT2D eigenvalue weighted by Crippen LogP contribution is -2.26. The van der Waals surface area contributed by atoms with Gasteiger partial charge in [-0.25, -0.2) is 9.97 Å². The van der Waals surface area contributed by atoms with E-state index in [1.54, 1.807) is 18.6 Å². The van der Waals surface area contributed by atoms with Crippen molar-refractivity contribution in [2.24, 2.45) is 0 Å². The Bertz CT molecular complexity index is 806. The van der Waals surface area contributed by atoms with Crippen LogP contribution >= 0.6 is 0 Å². The fraction of sp³-hybridized carbons (Fsp3) is 0.200. The number of nitrogens with one attached hydrogen (secondary N) is 1. The van der Waals surface area contributed by atoms with E-state index >= 15 is 0 Å². The van der Waals surface area contributed by atoms with Crippen LogP contribution in [0.3, 0.4) is 0 Å². The van der Waals surface area contributed by atoms with Crippen LogP contribution in [0.2, 0.25) is 0 Å². The molecule has 0 fully saturated rings. The summed E-state index contributed by atoms with van der Waals surface area (Å²) in [4.78, 5) is 24.8. The highest BCUT2D eigenvalue weighted by atomic mass is 16.1. The van der Waals surface area contributed by atoms with Crippen LogP contribution in [0, 0.1) is 0 Å². The fourth-order valence-electron chi connectivity index (χ4n) is 2.50. The van der Waals surface area contributed by atoms with Crippen molar-refractivity contribution in [1.82, 2.24) is 20.3 Å². The number of carbonyl (C=O) groups is 1. The van der Waals surface area contributed by atoms with Gasteiger partial charge in [-0.15, -0.1) is 0 Å². The molecule has 0 unspecified atom stereocenters. The molecule has 0 atom stereocenters. The molecule has 1 amide bonds. The van der Waals surface area contributed by atoms with Crippen LogP contribution in [0.5, 0.6) is 0 Å². The topological polar surface area (TPSA) is 67.8 Å². The largest absolute Gasteiger partial charge is 0.356 e. The molecule has 0 saturated heterocycles. The van der Waals surface area contributed by atoms with Crippen molar-refractivity contribution in [3.8, 4) is 11.3 Å². The van der Waals surface area contributed by atoms with Gasteiger partial charge >= 0.3 is 0 Å². The molecule has 2 aromatic heterocycles. The molecule has 5 nitrogen and oxygen atoms in total. The summed E-state index contributed by atoms with van der Waals surface area (Å²) in [7, 11) is 0. The molecule has 126 valence electrons. The second-order valence-corrected chi connectivity index (χ2v) is 5.69.